The van der Waals surface area contributed by atoms with Gasteiger partial charge in [0.25, 0.3) is 5.82 Å². The van der Waals surface area contributed by atoms with Gasteiger partial charge in [-0.3, -0.25) is 0 Å². The summed E-state index contributed by atoms with van der Waals surface area (Å²) in [6.45, 7) is 7.42. The molecule has 3 aromatic carbocycles. The van der Waals surface area contributed by atoms with Crippen LogP contribution in [0.15, 0.2) is 109 Å². The number of hydrogen-bond donors (Lipinski definition) is 1. The first kappa shape index (κ1) is 22.2. The van der Waals surface area contributed by atoms with Gasteiger partial charge >= 0.3 is 7.60 Å². The van der Waals surface area contributed by atoms with Crippen molar-refractivity contribution in [3.63, 3.8) is 0 Å². The Morgan fingerprint density at radius 1 is 0.829 bits per heavy atom. The molecule has 1 unspecified atom stereocenters. The van der Waals surface area contributed by atoms with Crippen molar-refractivity contribution in [2.45, 2.75) is 5.78 Å². The number of nitrogens with one attached hydrogen (secondary N) is 1. The van der Waals surface area contributed by atoms with Crippen LogP contribution in [0.25, 0.3) is 10.5 Å². The van der Waals surface area contributed by atoms with Crippen LogP contribution in [0.5, 0.6) is 11.5 Å². The van der Waals surface area contributed by atoms with Gasteiger partial charge in [-0.1, -0.05) is 66.3 Å². The van der Waals surface area contributed by atoms with Gasteiger partial charge in [-0.15, -0.1) is 4.52 Å². The van der Waals surface area contributed by atoms with Gasteiger partial charge in [-0.25, -0.2) is 9.55 Å². The predicted octanol–water partition coefficient (Wildman–Crippen LogP) is 6.74. The predicted molar refractivity (Wildman–Crippen MR) is 134 cm³/mol. The molecule has 5 aromatic rings. The van der Waals surface area contributed by atoms with E-state index in [1.165, 1.54) is 10.7 Å². The summed E-state index contributed by atoms with van der Waals surface area (Å²) in [5.74, 6) is -0.00633. The second-order valence-corrected chi connectivity index (χ2v) is 9.48. The standard InChI is InChI=1S/C26H20N5O3P/c1-27-25-19-28-24-18-17-23(30-31(24)25)26(29-20-11-5-2-6-12-20)35(32,33-21-13-7-3-8-14-21)34-22-15-9-4-10-16-22/h2-19,26,29H. The average molecular weight is 481 g/mol. The second kappa shape index (κ2) is 9.72. The van der Waals surface area contributed by atoms with Crippen LogP contribution in [0, 0.1) is 6.57 Å². The van der Waals surface area contributed by atoms with Gasteiger partial charge < -0.3 is 19.2 Å². The van der Waals surface area contributed by atoms with Crippen LogP contribution in [0.2, 0.25) is 0 Å². The minimum absolute atomic E-state index is 0.239. The fourth-order valence-electron chi connectivity index (χ4n) is 3.49. The van der Waals surface area contributed by atoms with Crippen molar-refractivity contribution in [1.82, 2.24) is 14.6 Å². The molecule has 0 fully saturated rings. The van der Waals surface area contributed by atoms with Crippen LogP contribution >= 0.6 is 7.60 Å². The van der Waals surface area contributed by atoms with Crippen LogP contribution in [0.3, 0.4) is 0 Å². The van der Waals surface area contributed by atoms with Crippen LogP contribution in [0.4, 0.5) is 11.5 Å². The molecule has 8 nitrogen and oxygen atoms in total. The van der Waals surface area contributed by atoms with E-state index in [0.29, 0.717) is 28.5 Å². The maximum atomic E-state index is 14.7. The molecule has 9 heteroatoms. The van der Waals surface area contributed by atoms with E-state index in [0.717, 1.165) is 0 Å². The molecule has 0 aliphatic carbocycles. The lowest BCUT2D eigenvalue weighted by molar-refractivity contribution is 0.375. The van der Waals surface area contributed by atoms with Gasteiger partial charge in [-0.05, 0) is 42.5 Å². The SMILES string of the molecule is [C-]#[N+]c1cnc2ccc(C(Nc3ccccc3)P(=O)(Oc3ccccc3)Oc3ccccc3)nn12. The second-order valence-electron chi connectivity index (χ2n) is 7.52. The summed E-state index contributed by atoms with van der Waals surface area (Å²) in [6.07, 6.45) is 1.44. The van der Waals surface area contributed by atoms with Crippen molar-refractivity contribution >= 4 is 24.7 Å². The molecular weight excluding hydrogens is 461 g/mol. The summed E-state index contributed by atoms with van der Waals surface area (Å²) < 4.78 is 28.2. The smallest absolute Gasteiger partial charge is 0.414 e. The highest BCUT2D eigenvalue weighted by atomic mass is 31.2. The Morgan fingerprint density at radius 3 is 1.97 bits per heavy atom. The number of fused-ring (bicyclic) bond motifs is 1. The van der Waals surface area contributed by atoms with Crippen LogP contribution < -0.4 is 14.4 Å². The molecule has 0 saturated carbocycles. The van der Waals surface area contributed by atoms with Crippen LogP contribution in [-0.2, 0) is 4.57 Å². The first-order valence-electron chi connectivity index (χ1n) is 10.8. The van der Waals surface area contributed by atoms with E-state index in [2.05, 4.69) is 20.2 Å². The summed E-state index contributed by atoms with van der Waals surface area (Å²) >= 11 is 0. The highest BCUT2D eigenvalue weighted by Crippen LogP contribution is 2.59. The fourth-order valence-corrected chi connectivity index (χ4v) is 5.33. The van der Waals surface area contributed by atoms with E-state index >= 15 is 0 Å². The summed E-state index contributed by atoms with van der Waals surface area (Å²) in [5.41, 5.74) is 1.56. The summed E-state index contributed by atoms with van der Waals surface area (Å²) in [7, 11) is -4.03. The number of imidazole rings is 1. The molecular formula is C26H20N5O3P. The zero-order valence-corrected chi connectivity index (χ0v) is 19.3. The Bertz CT molecular complexity index is 1470. The van der Waals surface area contributed by atoms with E-state index < -0.39 is 13.4 Å². The zero-order valence-electron chi connectivity index (χ0n) is 18.4. The maximum Gasteiger partial charge on any atom is 0.459 e. The highest BCUT2D eigenvalue weighted by Gasteiger charge is 2.43. The number of rotatable bonds is 8. The zero-order chi connectivity index (χ0) is 24.1. The van der Waals surface area contributed by atoms with Crippen molar-refractivity contribution in [3.8, 4) is 11.5 Å². The quantitative estimate of drug-likeness (QED) is 0.195. The molecule has 1 N–H and O–H groups in total. The van der Waals surface area contributed by atoms with Crippen LogP contribution in [-0.4, -0.2) is 14.6 Å². The van der Waals surface area contributed by atoms with Gasteiger partial charge in [0, 0.05) is 11.8 Å². The Kier molecular flexibility index (Phi) is 6.16. The molecule has 2 aromatic heterocycles. The first-order chi connectivity index (χ1) is 17.1. The topological polar surface area (TPSA) is 82.1 Å². The lowest BCUT2D eigenvalue weighted by atomic mass is 10.3. The lowest BCUT2D eigenvalue weighted by Gasteiger charge is -2.28. The molecule has 2 heterocycles. The van der Waals surface area contributed by atoms with E-state index in [-0.39, 0.29) is 5.82 Å². The van der Waals surface area contributed by atoms with Gasteiger partial charge in [0.05, 0.1) is 6.20 Å². The largest absolute Gasteiger partial charge is 0.459 e. The summed E-state index contributed by atoms with van der Waals surface area (Å²) in [4.78, 5) is 7.68. The first-order valence-corrected chi connectivity index (χ1v) is 12.4. The monoisotopic (exact) mass is 481 g/mol. The fraction of sp³-hybridized carbons (Fsp3) is 0.0385. The Labute approximate surface area is 202 Å². The number of hydrogen-bond acceptors (Lipinski definition) is 6. The van der Waals surface area contributed by atoms with Gasteiger partial charge in [-0.2, -0.15) is 0 Å². The number of anilines is 1. The van der Waals surface area contributed by atoms with Crippen LogP contribution in [0.1, 0.15) is 11.5 Å². The molecule has 0 saturated heterocycles. The number of nitrogens with zero attached hydrogens (tertiary/aromatic N) is 4. The van der Waals surface area contributed by atoms with Crippen molar-refractivity contribution < 1.29 is 13.6 Å². The van der Waals surface area contributed by atoms with Crippen molar-refractivity contribution in [2.24, 2.45) is 0 Å². The molecule has 0 radical (unpaired) electrons. The third kappa shape index (κ3) is 4.86. The van der Waals surface area contributed by atoms with E-state index in [4.69, 9.17) is 15.6 Å². The van der Waals surface area contributed by atoms with Crippen molar-refractivity contribution in [2.75, 3.05) is 5.32 Å². The molecule has 0 aliphatic heterocycles. The Morgan fingerprint density at radius 2 is 1.40 bits per heavy atom. The van der Waals surface area contributed by atoms with E-state index in [1.807, 2.05) is 42.5 Å². The Hall–Kier alpha value is -4.60. The number of aromatic nitrogens is 3. The molecule has 1 atom stereocenters. The van der Waals surface area contributed by atoms with Gasteiger partial charge in [0.1, 0.15) is 17.2 Å². The van der Waals surface area contributed by atoms with Crippen molar-refractivity contribution in [3.05, 3.63) is 126 Å². The third-order valence-electron chi connectivity index (χ3n) is 5.10. The van der Waals surface area contributed by atoms with Gasteiger partial charge in [0.2, 0.25) is 5.65 Å². The lowest BCUT2D eigenvalue weighted by Crippen LogP contribution is -2.20. The van der Waals surface area contributed by atoms with Crippen molar-refractivity contribution in [1.29, 1.82) is 0 Å². The van der Waals surface area contributed by atoms with Gasteiger partial charge in [0.15, 0.2) is 5.78 Å². The normalized spacial score (nSPS) is 12.0. The third-order valence-corrected chi connectivity index (χ3v) is 7.06. The molecule has 0 amide bonds. The van der Waals surface area contributed by atoms with E-state index in [1.54, 1.807) is 60.7 Å². The molecule has 0 spiro atoms. The summed E-state index contributed by atoms with van der Waals surface area (Å²) in [5, 5.41) is 7.88. The minimum Gasteiger partial charge on any atom is -0.414 e. The summed E-state index contributed by atoms with van der Waals surface area (Å²) in [6, 6.07) is 30.4. The average Bonchev–Trinajstić information content (AvgIpc) is 3.31. The molecule has 35 heavy (non-hydrogen) atoms. The van der Waals surface area contributed by atoms with E-state index in [9.17, 15) is 4.57 Å². The molecule has 172 valence electrons. The molecule has 0 bridgehead atoms. The molecule has 5 rings (SSSR count). The minimum atomic E-state index is -4.03. The molecule has 0 aliphatic rings. The maximum absolute atomic E-state index is 14.7. The Balaban J connectivity index is 1.66. The number of para-hydroxylation sites is 3. The highest BCUT2D eigenvalue weighted by molar-refractivity contribution is 7.55. The number of benzene rings is 3.